The van der Waals surface area contributed by atoms with E-state index in [0.29, 0.717) is 11.3 Å². The van der Waals surface area contributed by atoms with Crippen molar-refractivity contribution in [2.45, 2.75) is 6.92 Å². The Bertz CT molecular complexity index is 839. The summed E-state index contributed by atoms with van der Waals surface area (Å²) in [5, 5.41) is 13.2. The Morgan fingerprint density at radius 2 is 2.14 bits per heavy atom. The Hall–Kier alpha value is -2.89. The van der Waals surface area contributed by atoms with E-state index in [1.54, 1.807) is 7.11 Å². The number of hydrogen-bond donors (Lipinski definition) is 1. The highest BCUT2D eigenvalue weighted by Crippen LogP contribution is 2.24. The summed E-state index contributed by atoms with van der Waals surface area (Å²) in [4.78, 5) is 15.6. The smallest absolute Gasteiger partial charge is 0.341 e. The quantitative estimate of drug-likeness (QED) is 0.798. The molecule has 0 fully saturated rings. The lowest BCUT2D eigenvalue weighted by Crippen LogP contribution is -2.01. The normalized spacial score (nSPS) is 10.8. The van der Waals surface area contributed by atoms with Crippen LogP contribution in [0.5, 0.6) is 5.75 Å². The zero-order valence-electron chi connectivity index (χ0n) is 11.6. The molecule has 0 aliphatic carbocycles. The van der Waals surface area contributed by atoms with Crippen LogP contribution in [0.4, 0.5) is 0 Å². The van der Waals surface area contributed by atoms with Crippen molar-refractivity contribution in [3.05, 3.63) is 47.8 Å². The van der Waals surface area contributed by atoms with Gasteiger partial charge in [0.05, 0.1) is 19.0 Å². The van der Waals surface area contributed by atoms with Crippen molar-refractivity contribution in [3.8, 4) is 17.0 Å². The van der Waals surface area contributed by atoms with Gasteiger partial charge in [-0.15, -0.1) is 0 Å². The third-order valence-electron chi connectivity index (χ3n) is 3.25. The lowest BCUT2D eigenvalue weighted by Gasteiger charge is -2.07. The largest absolute Gasteiger partial charge is 0.497 e. The number of aromatic carboxylic acids is 1. The lowest BCUT2D eigenvalue weighted by molar-refractivity contribution is 0.0699. The average Bonchev–Trinajstić information content (AvgIpc) is 2.92. The van der Waals surface area contributed by atoms with Gasteiger partial charge in [0, 0.05) is 11.3 Å². The summed E-state index contributed by atoms with van der Waals surface area (Å²) in [6.45, 7) is 1.86. The highest BCUT2D eigenvalue weighted by Gasteiger charge is 2.15. The van der Waals surface area contributed by atoms with E-state index < -0.39 is 5.97 Å². The van der Waals surface area contributed by atoms with E-state index in [1.807, 2.05) is 37.3 Å². The molecule has 1 N–H and O–H groups in total. The van der Waals surface area contributed by atoms with E-state index >= 15 is 0 Å². The molecule has 6 nitrogen and oxygen atoms in total. The van der Waals surface area contributed by atoms with Gasteiger partial charge < -0.3 is 9.84 Å². The molecule has 6 heteroatoms. The number of carboxylic acid groups (broad SMARTS) is 1. The molecular weight excluding hydrogens is 270 g/mol. The van der Waals surface area contributed by atoms with E-state index in [-0.39, 0.29) is 5.56 Å². The Labute approximate surface area is 120 Å². The molecule has 21 heavy (non-hydrogen) atoms. The number of hydrogen-bond acceptors (Lipinski definition) is 4. The van der Waals surface area contributed by atoms with Crippen LogP contribution in [0.15, 0.2) is 36.5 Å². The SMILES string of the molecule is COc1cccc(-c2cc(C)n3ncc(C(=O)O)c3n2)c1. The average molecular weight is 283 g/mol. The molecule has 0 aliphatic heterocycles. The molecule has 2 heterocycles. The molecule has 0 atom stereocenters. The number of carbonyl (C=O) groups is 1. The standard InChI is InChI=1S/C15H13N3O3/c1-9-6-13(10-4-3-5-11(7-10)21-2)17-14-12(15(19)20)8-16-18(9)14/h3-8H,1-2H3,(H,19,20). The van der Waals surface area contributed by atoms with Crippen LogP contribution in [0.2, 0.25) is 0 Å². The van der Waals surface area contributed by atoms with Crippen LogP contribution in [-0.4, -0.2) is 32.8 Å². The molecular formula is C15H13N3O3. The van der Waals surface area contributed by atoms with Crippen LogP contribution < -0.4 is 4.74 Å². The second-order valence-electron chi connectivity index (χ2n) is 4.61. The minimum atomic E-state index is -1.04. The molecule has 3 aromatic rings. The first-order chi connectivity index (χ1) is 10.1. The van der Waals surface area contributed by atoms with Crippen molar-refractivity contribution in [2.75, 3.05) is 7.11 Å². The van der Waals surface area contributed by atoms with Crippen LogP contribution >= 0.6 is 0 Å². The van der Waals surface area contributed by atoms with Gasteiger partial charge in [-0.25, -0.2) is 14.3 Å². The summed E-state index contributed by atoms with van der Waals surface area (Å²) in [7, 11) is 1.60. The van der Waals surface area contributed by atoms with Gasteiger partial charge in [0.1, 0.15) is 11.3 Å². The van der Waals surface area contributed by atoms with Gasteiger partial charge in [-0.3, -0.25) is 0 Å². The van der Waals surface area contributed by atoms with Crippen molar-refractivity contribution in [2.24, 2.45) is 0 Å². The summed E-state index contributed by atoms with van der Waals surface area (Å²) in [6, 6.07) is 9.33. The third-order valence-corrected chi connectivity index (χ3v) is 3.25. The molecule has 0 saturated heterocycles. The van der Waals surface area contributed by atoms with Crippen molar-refractivity contribution < 1.29 is 14.6 Å². The van der Waals surface area contributed by atoms with Crippen molar-refractivity contribution >= 4 is 11.6 Å². The zero-order chi connectivity index (χ0) is 15.0. The highest BCUT2D eigenvalue weighted by molar-refractivity contribution is 5.94. The van der Waals surface area contributed by atoms with Crippen LogP contribution in [-0.2, 0) is 0 Å². The third kappa shape index (κ3) is 2.20. The van der Waals surface area contributed by atoms with Gasteiger partial charge in [0.25, 0.3) is 0 Å². The van der Waals surface area contributed by atoms with Crippen molar-refractivity contribution in [1.82, 2.24) is 14.6 Å². The van der Waals surface area contributed by atoms with Gasteiger partial charge in [-0.2, -0.15) is 5.10 Å². The Kier molecular flexibility index (Phi) is 3.06. The number of rotatable bonds is 3. The minimum absolute atomic E-state index is 0.0860. The molecule has 0 amide bonds. The van der Waals surface area contributed by atoms with Crippen molar-refractivity contribution in [1.29, 1.82) is 0 Å². The monoisotopic (exact) mass is 283 g/mol. The van der Waals surface area contributed by atoms with E-state index in [1.165, 1.54) is 10.7 Å². The number of ether oxygens (including phenoxy) is 1. The van der Waals surface area contributed by atoms with E-state index in [0.717, 1.165) is 17.0 Å². The van der Waals surface area contributed by atoms with E-state index in [9.17, 15) is 9.90 Å². The van der Waals surface area contributed by atoms with Gasteiger partial charge in [-0.05, 0) is 25.1 Å². The molecule has 0 saturated carbocycles. The number of fused-ring (bicyclic) bond motifs is 1. The summed E-state index contributed by atoms with van der Waals surface area (Å²) >= 11 is 0. The van der Waals surface area contributed by atoms with Gasteiger partial charge >= 0.3 is 5.97 Å². The van der Waals surface area contributed by atoms with Crippen LogP contribution in [0.3, 0.4) is 0 Å². The Balaban J connectivity index is 2.23. The summed E-state index contributed by atoms with van der Waals surface area (Å²) in [6.07, 6.45) is 1.31. The fourth-order valence-electron chi connectivity index (χ4n) is 2.19. The fourth-order valence-corrected chi connectivity index (χ4v) is 2.19. The number of aryl methyl sites for hydroxylation is 1. The Morgan fingerprint density at radius 3 is 2.86 bits per heavy atom. The molecule has 0 radical (unpaired) electrons. The first-order valence-corrected chi connectivity index (χ1v) is 6.33. The number of benzene rings is 1. The van der Waals surface area contributed by atoms with Gasteiger partial charge in [0.15, 0.2) is 5.65 Å². The lowest BCUT2D eigenvalue weighted by atomic mass is 10.1. The maximum Gasteiger partial charge on any atom is 0.341 e. The molecule has 1 aromatic carbocycles. The molecule has 0 unspecified atom stereocenters. The topological polar surface area (TPSA) is 76.7 Å². The van der Waals surface area contributed by atoms with Crippen LogP contribution in [0, 0.1) is 6.92 Å². The molecule has 0 aliphatic rings. The molecule has 0 spiro atoms. The van der Waals surface area contributed by atoms with E-state index in [4.69, 9.17) is 4.74 Å². The van der Waals surface area contributed by atoms with Gasteiger partial charge in [0.2, 0.25) is 0 Å². The molecule has 2 aromatic heterocycles. The first kappa shape index (κ1) is 13.1. The van der Waals surface area contributed by atoms with E-state index in [2.05, 4.69) is 10.1 Å². The van der Waals surface area contributed by atoms with Gasteiger partial charge in [-0.1, -0.05) is 12.1 Å². The molecule has 0 bridgehead atoms. The Morgan fingerprint density at radius 1 is 1.33 bits per heavy atom. The summed E-state index contributed by atoms with van der Waals surface area (Å²) in [5.74, 6) is -0.321. The highest BCUT2D eigenvalue weighted by atomic mass is 16.5. The minimum Gasteiger partial charge on any atom is -0.497 e. The predicted molar refractivity (Wildman–Crippen MR) is 76.7 cm³/mol. The number of nitrogens with zero attached hydrogens (tertiary/aromatic N) is 3. The second kappa shape index (κ2) is 4.90. The summed E-state index contributed by atoms with van der Waals surface area (Å²) in [5.41, 5.74) is 2.77. The number of methoxy groups -OCH3 is 1. The zero-order valence-corrected chi connectivity index (χ0v) is 11.6. The summed E-state index contributed by atoms with van der Waals surface area (Å²) < 4.78 is 6.72. The second-order valence-corrected chi connectivity index (χ2v) is 4.61. The number of aromatic nitrogens is 3. The first-order valence-electron chi connectivity index (χ1n) is 6.33. The molecule has 3 rings (SSSR count). The predicted octanol–water partition coefficient (Wildman–Crippen LogP) is 2.41. The maximum absolute atomic E-state index is 11.2. The van der Waals surface area contributed by atoms with Crippen molar-refractivity contribution in [3.63, 3.8) is 0 Å². The maximum atomic E-state index is 11.2. The van der Waals surface area contributed by atoms with Crippen LogP contribution in [0.1, 0.15) is 16.1 Å². The molecule has 106 valence electrons. The van der Waals surface area contributed by atoms with Crippen LogP contribution in [0.25, 0.3) is 16.9 Å². The fraction of sp³-hybridized carbons (Fsp3) is 0.133. The number of carboxylic acids is 1.